The molecule has 1 aromatic heterocycles. The fourth-order valence-corrected chi connectivity index (χ4v) is 4.73. The Hall–Kier alpha value is -3.80. The van der Waals surface area contributed by atoms with Gasteiger partial charge in [-0.1, -0.05) is 86.6 Å². The van der Waals surface area contributed by atoms with Crippen molar-refractivity contribution >= 4 is 17.4 Å². The smallest absolute Gasteiger partial charge is 0.298 e. The number of aryl methyl sites for hydroxylation is 1. The molecule has 0 amide bonds. The van der Waals surface area contributed by atoms with E-state index in [4.69, 9.17) is 14.2 Å². The monoisotopic (exact) mass is 559 g/mol. The van der Waals surface area contributed by atoms with Gasteiger partial charge in [-0.3, -0.25) is 9.59 Å². The Kier molecular flexibility index (Phi) is 13.2. The molecule has 0 radical (unpaired) electrons. The molecule has 220 valence electrons. The van der Waals surface area contributed by atoms with Gasteiger partial charge in [0.25, 0.3) is 12.0 Å². The minimum absolute atomic E-state index is 0.0768. The Bertz CT molecular complexity index is 1370. The van der Waals surface area contributed by atoms with E-state index in [0.717, 1.165) is 37.7 Å². The van der Waals surface area contributed by atoms with Crippen molar-refractivity contribution in [1.29, 1.82) is 0 Å². The zero-order chi connectivity index (χ0) is 29.5. The van der Waals surface area contributed by atoms with E-state index in [-0.39, 0.29) is 23.7 Å². The number of nitrogens with zero attached hydrogens (tertiary/aromatic N) is 1. The molecule has 0 N–H and O–H groups in total. The van der Waals surface area contributed by atoms with Crippen LogP contribution in [0.3, 0.4) is 0 Å². The third kappa shape index (κ3) is 9.96. The molecule has 0 saturated heterocycles. The Morgan fingerprint density at radius 3 is 2.37 bits per heavy atom. The zero-order valence-corrected chi connectivity index (χ0v) is 25.1. The molecule has 6 heteroatoms. The molecular weight excluding hydrogens is 514 g/mol. The van der Waals surface area contributed by atoms with Crippen molar-refractivity contribution < 1.29 is 19.0 Å². The number of rotatable bonds is 18. The summed E-state index contributed by atoms with van der Waals surface area (Å²) in [6.07, 6.45) is 12.7. The predicted molar refractivity (Wildman–Crippen MR) is 167 cm³/mol. The first-order valence-electron chi connectivity index (χ1n) is 14.8. The van der Waals surface area contributed by atoms with E-state index in [1.807, 2.05) is 54.6 Å². The summed E-state index contributed by atoms with van der Waals surface area (Å²) in [5.74, 6) is 0.855. The van der Waals surface area contributed by atoms with Gasteiger partial charge in [0.15, 0.2) is 5.75 Å². The summed E-state index contributed by atoms with van der Waals surface area (Å²) in [5.41, 5.74) is 3.87. The highest BCUT2D eigenvalue weighted by Gasteiger charge is 2.20. The van der Waals surface area contributed by atoms with E-state index in [0.29, 0.717) is 36.3 Å². The van der Waals surface area contributed by atoms with Gasteiger partial charge in [0.2, 0.25) is 5.75 Å². The number of hydrogen-bond donors (Lipinski definition) is 0. The van der Waals surface area contributed by atoms with E-state index in [1.165, 1.54) is 30.4 Å². The number of aromatic nitrogens is 1. The molecule has 0 unspecified atom stereocenters. The van der Waals surface area contributed by atoms with Crippen LogP contribution in [0.1, 0.15) is 84.6 Å². The van der Waals surface area contributed by atoms with Crippen molar-refractivity contribution in [2.24, 2.45) is 0 Å². The minimum Gasteiger partial charge on any atom is -0.489 e. The summed E-state index contributed by atoms with van der Waals surface area (Å²) in [5, 5.41) is 0.704. The highest BCUT2D eigenvalue weighted by molar-refractivity contribution is 5.89. The quantitative estimate of drug-likeness (QED) is 0.0887. The second-order valence-corrected chi connectivity index (χ2v) is 10.7. The molecule has 0 bridgehead atoms. The molecule has 3 aromatic rings. The van der Waals surface area contributed by atoms with E-state index in [2.05, 4.69) is 33.8 Å². The number of ether oxygens (including phenoxy) is 3. The van der Waals surface area contributed by atoms with Gasteiger partial charge in [0.05, 0.1) is 5.52 Å². The number of hydrogen-bond acceptors (Lipinski definition) is 5. The van der Waals surface area contributed by atoms with Crippen LogP contribution in [0.25, 0.3) is 10.9 Å². The largest absolute Gasteiger partial charge is 0.489 e. The van der Waals surface area contributed by atoms with Gasteiger partial charge in [-0.05, 0) is 63.8 Å². The van der Waals surface area contributed by atoms with Crippen LogP contribution in [0.5, 0.6) is 17.2 Å². The molecule has 2 aromatic carbocycles. The van der Waals surface area contributed by atoms with Gasteiger partial charge in [-0.15, -0.1) is 0 Å². The lowest BCUT2D eigenvalue weighted by Crippen LogP contribution is -2.24. The Morgan fingerprint density at radius 2 is 1.63 bits per heavy atom. The molecule has 0 aliphatic rings. The maximum atomic E-state index is 13.7. The van der Waals surface area contributed by atoms with Gasteiger partial charge < -0.3 is 18.8 Å². The highest BCUT2D eigenvalue weighted by atomic mass is 16.5. The lowest BCUT2D eigenvalue weighted by atomic mass is 10.1. The van der Waals surface area contributed by atoms with Gasteiger partial charge >= 0.3 is 0 Å². The van der Waals surface area contributed by atoms with Crippen LogP contribution in [0, 0.1) is 0 Å². The fourth-order valence-electron chi connectivity index (χ4n) is 4.73. The molecule has 0 aliphatic carbocycles. The van der Waals surface area contributed by atoms with E-state index < -0.39 is 0 Å². The van der Waals surface area contributed by atoms with Crippen LogP contribution in [-0.2, 0) is 17.9 Å². The van der Waals surface area contributed by atoms with Crippen molar-refractivity contribution in [3.05, 3.63) is 87.7 Å². The summed E-state index contributed by atoms with van der Waals surface area (Å²) >= 11 is 0. The Labute approximate surface area is 244 Å². The van der Waals surface area contributed by atoms with Crippen LogP contribution in [0.4, 0.5) is 0 Å². The Morgan fingerprint density at radius 1 is 0.878 bits per heavy atom. The van der Waals surface area contributed by atoms with Crippen LogP contribution in [0.15, 0.2) is 76.6 Å². The van der Waals surface area contributed by atoms with E-state index in [1.54, 1.807) is 4.57 Å². The molecule has 0 atom stereocenters. The first kappa shape index (κ1) is 31.7. The molecule has 0 fully saturated rings. The van der Waals surface area contributed by atoms with Crippen LogP contribution in [-0.4, -0.2) is 17.6 Å². The summed E-state index contributed by atoms with van der Waals surface area (Å²) in [6.45, 7) is 9.94. The van der Waals surface area contributed by atoms with Crippen molar-refractivity contribution in [3.8, 4) is 17.2 Å². The number of carbonyl (C=O) groups excluding carboxylic acids is 1. The van der Waals surface area contributed by atoms with Crippen LogP contribution < -0.4 is 19.8 Å². The molecule has 3 rings (SSSR count). The van der Waals surface area contributed by atoms with Crippen molar-refractivity contribution in [2.75, 3.05) is 6.61 Å². The summed E-state index contributed by atoms with van der Waals surface area (Å²) < 4.78 is 19.2. The number of pyridine rings is 1. The SMILES string of the molecule is CCCCCCCCn1c(=O)c(OC=O)c(OC/C=C(\C)CCC=C(C)C)c2ccc(OCc3ccccc3)cc21. The molecule has 6 nitrogen and oxygen atoms in total. The maximum absolute atomic E-state index is 13.7. The predicted octanol–water partition coefficient (Wildman–Crippen LogP) is 8.55. The van der Waals surface area contributed by atoms with Crippen molar-refractivity contribution in [1.82, 2.24) is 4.57 Å². The van der Waals surface area contributed by atoms with E-state index in [9.17, 15) is 9.59 Å². The van der Waals surface area contributed by atoms with Crippen LogP contribution >= 0.6 is 0 Å². The highest BCUT2D eigenvalue weighted by Crippen LogP contribution is 2.35. The average Bonchev–Trinajstić information content (AvgIpc) is 2.97. The molecular formula is C35H45NO5. The lowest BCUT2D eigenvalue weighted by Gasteiger charge is -2.18. The van der Waals surface area contributed by atoms with Gasteiger partial charge in [-0.2, -0.15) is 0 Å². The normalized spacial score (nSPS) is 11.4. The first-order valence-corrected chi connectivity index (χ1v) is 14.8. The molecule has 1 heterocycles. The first-order chi connectivity index (χ1) is 19.9. The lowest BCUT2D eigenvalue weighted by molar-refractivity contribution is -0.120. The van der Waals surface area contributed by atoms with Gasteiger partial charge in [0.1, 0.15) is 19.0 Å². The summed E-state index contributed by atoms with van der Waals surface area (Å²) in [4.78, 5) is 25.1. The molecule has 0 spiro atoms. The maximum Gasteiger partial charge on any atom is 0.298 e. The second-order valence-electron chi connectivity index (χ2n) is 10.7. The van der Waals surface area contributed by atoms with Crippen molar-refractivity contribution in [3.63, 3.8) is 0 Å². The summed E-state index contributed by atoms with van der Waals surface area (Å²) in [6, 6.07) is 15.6. The Balaban J connectivity index is 1.93. The second kappa shape index (κ2) is 17.1. The number of fused-ring (bicyclic) bond motifs is 1. The zero-order valence-electron chi connectivity index (χ0n) is 25.1. The number of allylic oxidation sites excluding steroid dienone is 3. The fraction of sp³-hybridized carbons (Fsp3) is 0.429. The third-order valence-electron chi connectivity index (χ3n) is 7.05. The third-order valence-corrected chi connectivity index (χ3v) is 7.05. The minimum atomic E-state index is -0.377. The number of benzene rings is 2. The molecule has 0 aliphatic heterocycles. The topological polar surface area (TPSA) is 66.8 Å². The molecule has 41 heavy (non-hydrogen) atoms. The van der Waals surface area contributed by atoms with Crippen molar-refractivity contribution in [2.45, 2.75) is 92.2 Å². The number of unbranched alkanes of at least 4 members (excludes halogenated alkanes) is 5. The number of carbonyl (C=O) groups is 1. The van der Waals surface area contributed by atoms with Gasteiger partial charge in [-0.25, -0.2) is 0 Å². The molecule has 0 saturated carbocycles. The van der Waals surface area contributed by atoms with Gasteiger partial charge in [0, 0.05) is 18.0 Å². The standard InChI is InChI=1S/C35H45NO5/c1-5-6-7-8-9-13-22-36-32-24-30(40-25-29-17-11-10-12-18-29)19-20-31(32)33(34(35(36)38)41-26-37)39-23-21-28(4)16-14-15-27(2)3/h10-12,15,17-21,24,26H,5-9,13-14,16,22-23,25H2,1-4H3/b28-21+. The average molecular weight is 560 g/mol. The summed E-state index contributed by atoms with van der Waals surface area (Å²) in [7, 11) is 0. The van der Waals surface area contributed by atoms with Crippen LogP contribution in [0.2, 0.25) is 0 Å². The van der Waals surface area contributed by atoms with E-state index >= 15 is 0 Å².